The molecule has 1 fully saturated rings. The quantitative estimate of drug-likeness (QED) is 0.893. The van der Waals surface area contributed by atoms with E-state index in [1.807, 2.05) is 0 Å². The van der Waals surface area contributed by atoms with E-state index < -0.39 is 17.7 Å². The second kappa shape index (κ2) is 7.19. The van der Waals surface area contributed by atoms with Crippen molar-refractivity contribution < 1.29 is 18.3 Å². The van der Waals surface area contributed by atoms with Crippen molar-refractivity contribution in [2.45, 2.75) is 19.3 Å². The molecule has 1 aromatic rings. The largest absolute Gasteiger partial charge is 0.381 e. The van der Waals surface area contributed by atoms with Crippen LogP contribution >= 0.6 is 0 Å². The molecule has 1 heterocycles. The number of hydrogen-bond acceptors (Lipinski definition) is 2. The molecule has 0 unspecified atom stereocenters. The van der Waals surface area contributed by atoms with Gasteiger partial charge in [0.05, 0.1) is 5.69 Å². The zero-order chi connectivity index (χ0) is 14.4. The van der Waals surface area contributed by atoms with E-state index in [1.54, 1.807) is 0 Å². The van der Waals surface area contributed by atoms with Gasteiger partial charge in [0.25, 0.3) is 0 Å². The zero-order valence-electron chi connectivity index (χ0n) is 11.1. The Morgan fingerprint density at radius 3 is 3.00 bits per heavy atom. The van der Waals surface area contributed by atoms with Crippen molar-refractivity contribution in [3.8, 4) is 0 Å². The third-order valence-electron chi connectivity index (χ3n) is 3.29. The Morgan fingerprint density at radius 2 is 2.25 bits per heavy atom. The standard InChI is InChI=1S/C14H18F2N2O2/c15-11-4-1-5-12(13(11)16)18-14(19)17-7-6-10-3-2-8-20-9-10/h1,4-5,10H,2-3,6-9H2,(H2,17,18,19)/t10-/m0/s1. The predicted octanol–water partition coefficient (Wildman–Crippen LogP) is 2.90. The topological polar surface area (TPSA) is 50.4 Å². The minimum absolute atomic E-state index is 0.163. The molecule has 0 saturated carbocycles. The summed E-state index contributed by atoms with van der Waals surface area (Å²) in [6, 6.07) is 3.12. The first kappa shape index (κ1) is 14.7. The van der Waals surface area contributed by atoms with E-state index >= 15 is 0 Å². The molecule has 2 N–H and O–H groups in total. The lowest BCUT2D eigenvalue weighted by Gasteiger charge is -2.21. The number of anilines is 1. The van der Waals surface area contributed by atoms with Crippen LogP contribution in [0.15, 0.2) is 18.2 Å². The van der Waals surface area contributed by atoms with Gasteiger partial charge in [-0.1, -0.05) is 6.07 Å². The van der Waals surface area contributed by atoms with E-state index in [2.05, 4.69) is 10.6 Å². The van der Waals surface area contributed by atoms with Gasteiger partial charge in [-0.05, 0) is 37.3 Å². The highest BCUT2D eigenvalue weighted by Gasteiger charge is 2.14. The smallest absolute Gasteiger partial charge is 0.319 e. The molecule has 1 aliphatic heterocycles. The molecule has 0 radical (unpaired) electrons. The lowest BCUT2D eigenvalue weighted by atomic mass is 9.99. The Balaban J connectivity index is 1.73. The van der Waals surface area contributed by atoms with Crippen LogP contribution in [0.3, 0.4) is 0 Å². The number of urea groups is 1. The first-order valence-electron chi connectivity index (χ1n) is 6.73. The van der Waals surface area contributed by atoms with Crippen LogP contribution in [0.4, 0.5) is 19.3 Å². The Morgan fingerprint density at radius 1 is 1.40 bits per heavy atom. The number of benzene rings is 1. The van der Waals surface area contributed by atoms with Crippen LogP contribution in [0.5, 0.6) is 0 Å². The number of hydrogen-bond donors (Lipinski definition) is 2. The molecule has 2 rings (SSSR count). The van der Waals surface area contributed by atoms with Crippen LogP contribution in [-0.2, 0) is 4.74 Å². The summed E-state index contributed by atoms with van der Waals surface area (Å²) in [6.45, 7) is 2.02. The molecule has 1 aliphatic rings. The highest BCUT2D eigenvalue weighted by molar-refractivity contribution is 5.89. The molecular formula is C14H18F2N2O2. The van der Waals surface area contributed by atoms with Crippen LogP contribution in [0.2, 0.25) is 0 Å². The van der Waals surface area contributed by atoms with Crippen molar-refractivity contribution in [3.05, 3.63) is 29.8 Å². The van der Waals surface area contributed by atoms with Crippen molar-refractivity contribution in [3.63, 3.8) is 0 Å². The molecule has 110 valence electrons. The molecule has 0 aliphatic carbocycles. The summed E-state index contributed by atoms with van der Waals surface area (Å²) in [4.78, 5) is 11.6. The van der Waals surface area contributed by atoms with Crippen LogP contribution in [0.25, 0.3) is 0 Å². The molecule has 1 aromatic carbocycles. The Bertz CT molecular complexity index is 462. The van der Waals surface area contributed by atoms with Crippen molar-refractivity contribution in [2.24, 2.45) is 5.92 Å². The maximum atomic E-state index is 13.3. The van der Waals surface area contributed by atoms with E-state index in [0.717, 1.165) is 38.5 Å². The van der Waals surface area contributed by atoms with Crippen molar-refractivity contribution in [1.82, 2.24) is 5.32 Å². The second-order valence-corrected chi connectivity index (χ2v) is 4.85. The molecule has 1 atom stereocenters. The van der Waals surface area contributed by atoms with Gasteiger partial charge in [-0.3, -0.25) is 0 Å². The lowest BCUT2D eigenvalue weighted by Crippen LogP contribution is -2.32. The number of amides is 2. The maximum Gasteiger partial charge on any atom is 0.319 e. The van der Waals surface area contributed by atoms with Gasteiger partial charge >= 0.3 is 6.03 Å². The van der Waals surface area contributed by atoms with E-state index in [0.29, 0.717) is 12.5 Å². The number of carbonyl (C=O) groups excluding carboxylic acids is 1. The van der Waals surface area contributed by atoms with E-state index in [-0.39, 0.29) is 5.69 Å². The van der Waals surface area contributed by atoms with Crippen LogP contribution in [0, 0.1) is 17.6 Å². The monoisotopic (exact) mass is 284 g/mol. The Kier molecular flexibility index (Phi) is 5.29. The third-order valence-corrected chi connectivity index (χ3v) is 3.29. The highest BCUT2D eigenvalue weighted by Crippen LogP contribution is 2.17. The summed E-state index contributed by atoms with van der Waals surface area (Å²) >= 11 is 0. The highest BCUT2D eigenvalue weighted by atomic mass is 19.2. The predicted molar refractivity (Wildman–Crippen MR) is 71.5 cm³/mol. The first-order valence-corrected chi connectivity index (χ1v) is 6.73. The Labute approximate surface area is 116 Å². The van der Waals surface area contributed by atoms with Crippen molar-refractivity contribution in [1.29, 1.82) is 0 Å². The zero-order valence-corrected chi connectivity index (χ0v) is 11.1. The van der Waals surface area contributed by atoms with Gasteiger partial charge in [0.2, 0.25) is 0 Å². The van der Waals surface area contributed by atoms with Crippen LogP contribution in [0.1, 0.15) is 19.3 Å². The average Bonchev–Trinajstić information content (AvgIpc) is 2.45. The molecule has 0 aromatic heterocycles. The molecular weight excluding hydrogens is 266 g/mol. The van der Waals surface area contributed by atoms with Gasteiger partial charge in [0.1, 0.15) is 0 Å². The summed E-state index contributed by atoms with van der Waals surface area (Å²) in [7, 11) is 0. The van der Waals surface area contributed by atoms with Gasteiger partial charge < -0.3 is 15.4 Å². The molecule has 6 heteroatoms. The van der Waals surface area contributed by atoms with Gasteiger partial charge in [-0.2, -0.15) is 0 Å². The fourth-order valence-corrected chi connectivity index (χ4v) is 2.19. The summed E-state index contributed by atoms with van der Waals surface area (Å²) in [5.74, 6) is -1.58. The first-order chi connectivity index (χ1) is 9.66. The van der Waals surface area contributed by atoms with Crippen molar-refractivity contribution >= 4 is 11.7 Å². The van der Waals surface area contributed by atoms with Crippen LogP contribution in [-0.4, -0.2) is 25.8 Å². The van der Waals surface area contributed by atoms with E-state index in [4.69, 9.17) is 4.74 Å². The third kappa shape index (κ3) is 4.16. The fourth-order valence-electron chi connectivity index (χ4n) is 2.19. The number of ether oxygens (including phenoxy) is 1. The molecule has 0 spiro atoms. The molecule has 1 saturated heterocycles. The van der Waals surface area contributed by atoms with Crippen molar-refractivity contribution in [2.75, 3.05) is 25.1 Å². The average molecular weight is 284 g/mol. The summed E-state index contributed by atoms with van der Waals surface area (Å²) in [6.07, 6.45) is 2.96. The number of nitrogens with one attached hydrogen (secondary N) is 2. The van der Waals surface area contributed by atoms with Crippen LogP contribution < -0.4 is 10.6 Å². The second-order valence-electron chi connectivity index (χ2n) is 4.85. The van der Waals surface area contributed by atoms with Gasteiger partial charge in [0.15, 0.2) is 11.6 Å². The number of halogens is 2. The van der Waals surface area contributed by atoms with Gasteiger partial charge in [-0.15, -0.1) is 0 Å². The minimum atomic E-state index is -1.05. The normalized spacial score (nSPS) is 18.6. The fraction of sp³-hybridized carbons (Fsp3) is 0.500. The SMILES string of the molecule is O=C(NCC[C@@H]1CCCOC1)Nc1cccc(F)c1F. The minimum Gasteiger partial charge on any atom is -0.381 e. The van der Waals surface area contributed by atoms with Gasteiger partial charge in [0, 0.05) is 19.8 Å². The Hall–Kier alpha value is -1.69. The molecule has 4 nitrogen and oxygen atoms in total. The molecule has 2 amide bonds. The number of carbonyl (C=O) groups is 1. The maximum absolute atomic E-state index is 13.3. The van der Waals surface area contributed by atoms with E-state index in [1.165, 1.54) is 12.1 Å². The van der Waals surface area contributed by atoms with Gasteiger partial charge in [-0.25, -0.2) is 13.6 Å². The molecule has 0 bridgehead atoms. The number of rotatable bonds is 4. The lowest BCUT2D eigenvalue weighted by molar-refractivity contribution is 0.0520. The molecule has 20 heavy (non-hydrogen) atoms. The summed E-state index contributed by atoms with van der Waals surface area (Å²) < 4.78 is 31.6. The summed E-state index contributed by atoms with van der Waals surface area (Å²) in [5, 5.41) is 4.92. The summed E-state index contributed by atoms with van der Waals surface area (Å²) in [5.41, 5.74) is -0.163. The van der Waals surface area contributed by atoms with E-state index in [9.17, 15) is 13.6 Å².